The first-order valence-corrected chi connectivity index (χ1v) is 10.00. The highest BCUT2D eigenvalue weighted by Gasteiger charge is 2.23. The largest absolute Gasteiger partial charge is 0.356 e. The normalized spacial score (nSPS) is 10.2. The SMILES string of the molecule is CC[Si](C#CCOCC#Cc1ccccc1)(CC)CC. The molecule has 0 fully saturated rings. The summed E-state index contributed by atoms with van der Waals surface area (Å²) in [7, 11) is -1.32. The number of benzene rings is 1. The molecular formula is C18H24OSi. The third-order valence-electron chi connectivity index (χ3n) is 3.74. The van der Waals surface area contributed by atoms with E-state index in [0.717, 1.165) is 5.56 Å². The minimum Gasteiger partial charge on any atom is -0.356 e. The molecule has 0 aliphatic carbocycles. The summed E-state index contributed by atoms with van der Waals surface area (Å²) in [5, 5.41) is 0. The molecule has 0 bridgehead atoms. The molecule has 0 saturated carbocycles. The van der Waals surface area contributed by atoms with Gasteiger partial charge in [-0.25, -0.2) is 0 Å². The highest BCUT2D eigenvalue weighted by atomic mass is 28.3. The van der Waals surface area contributed by atoms with Crippen LogP contribution in [0.25, 0.3) is 0 Å². The molecule has 0 saturated heterocycles. The van der Waals surface area contributed by atoms with Gasteiger partial charge in [-0.15, -0.1) is 5.54 Å². The van der Waals surface area contributed by atoms with E-state index in [0.29, 0.717) is 13.2 Å². The number of rotatable bonds is 5. The molecule has 0 N–H and O–H groups in total. The summed E-state index contributed by atoms with van der Waals surface area (Å²) in [5.74, 6) is 9.28. The van der Waals surface area contributed by atoms with Gasteiger partial charge >= 0.3 is 0 Å². The van der Waals surface area contributed by atoms with Crippen LogP contribution in [-0.2, 0) is 4.74 Å². The van der Waals surface area contributed by atoms with Gasteiger partial charge in [-0.3, -0.25) is 0 Å². The van der Waals surface area contributed by atoms with E-state index in [9.17, 15) is 0 Å². The van der Waals surface area contributed by atoms with Gasteiger partial charge < -0.3 is 4.74 Å². The molecule has 0 aliphatic rings. The molecule has 0 spiro atoms. The Bertz CT molecular complexity index is 487. The summed E-state index contributed by atoms with van der Waals surface area (Å²) >= 11 is 0. The number of ether oxygens (including phenoxy) is 1. The van der Waals surface area contributed by atoms with Gasteiger partial charge in [-0.05, 0) is 30.3 Å². The van der Waals surface area contributed by atoms with E-state index in [1.165, 1.54) is 18.1 Å². The summed E-state index contributed by atoms with van der Waals surface area (Å²) in [6, 6.07) is 13.7. The topological polar surface area (TPSA) is 9.23 Å². The minimum atomic E-state index is -1.32. The van der Waals surface area contributed by atoms with E-state index in [1.807, 2.05) is 30.3 Å². The van der Waals surface area contributed by atoms with Crippen molar-refractivity contribution in [1.82, 2.24) is 0 Å². The van der Waals surface area contributed by atoms with Crippen molar-refractivity contribution in [1.29, 1.82) is 0 Å². The van der Waals surface area contributed by atoms with Crippen LogP contribution >= 0.6 is 0 Å². The van der Waals surface area contributed by atoms with Crippen LogP contribution in [0.5, 0.6) is 0 Å². The molecule has 0 aromatic heterocycles. The molecule has 0 atom stereocenters. The lowest BCUT2D eigenvalue weighted by molar-refractivity contribution is 0.204. The predicted octanol–water partition coefficient (Wildman–Crippen LogP) is 4.11. The fourth-order valence-corrected chi connectivity index (χ4v) is 4.53. The first-order chi connectivity index (χ1) is 9.76. The maximum atomic E-state index is 5.46. The van der Waals surface area contributed by atoms with Gasteiger partial charge in [0, 0.05) is 5.56 Å². The third kappa shape index (κ3) is 5.66. The molecule has 2 heteroatoms. The van der Waals surface area contributed by atoms with E-state index in [-0.39, 0.29) is 0 Å². The van der Waals surface area contributed by atoms with Crippen LogP contribution in [0, 0.1) is 23.3 Å². The highest BCUT2D eigenvalue weighted by Crippen LogP contribution is 2.18. The molecule has 106 valence electrons. The molecule has 0 heterocycles. The average Bonchev–Trinajstić information content (AvgIpc) is 2.52. The molecule has 0 aliphatic heterocycles. The fourth-order valence-electron chi connectivity index (χ4n) is 2.05. The zero-order chi connectivity index (χ0) is 14.7. The van der Waals surface area contributed by atoms with Crippen LogP contribution in [0.3, 0.4) is 0 Å². The van der Waals surface area contributed by atoms with Crippen molar-refractivity contribution in [2.75, 3.05) is 13.2 Å². The van der Waals surface area contributed by atoms with E-state index in [4.69, 9.17) is 4.74 Å². The third-order valence-corrected chi connectivity index (χ3v) is 8.51. The van der Waals surface area contributed by atoms with Gasteiger partial charge in [0.15, 0.2) is 0 Å². The van der Waals surface area contributed by atoms with E-state index < -0.39 is 8.07 Å². The van der Waals surface area contributed by atoms with Crippen LogP contribution in [0.1, 0.15) is 26.3 Å². The van der Waals surface area contributed by atoms with Crippen molar-refractivity contribution in [3.63, 3.8) is 0 Å². The van der Waals surface area contributed by atoms with Gasteiger partial charge in [0.1, 0.15) is 21.3 Å². The van der Waals surface area contributed by atoms with Gasteiger partial charge in [0.25, 0.3) is 0 Å². The Hall–Kier alpha value is -1.48. The summed E-state index contributed by atoms with van der Waals surface area (Å²) in [5.41, 5.74) is 4.53. The Morgan fingerprint density at radius 3 is 2.10 bits per heavy atom. The summed E-state index contributed by atoms with van der Waals surface area (Å²) in [4.78, 5) is 0. The van der Waals surface area contributed by atoms with Crippen molar-refractivity contribution in [2.45, 2.75) is 38.9 Å². The molecule has 1 aromatic carbocycles. The minimum absolute atomic E-state index is 0.447. The summed E-state index contributed by atoms with van der Waals surface area (Å²) in [6.07, 6.45) is 0. The van der Waals surface area contributed by atoms with E-state index in [2.05, 4.69) is 44.1 Å². The molecule has 0 amide bonds. The van der Waals surface area contributed by atoms with Gasteiger partial charge in [0.2, 0.25) is 0 Å². The fraction of sp³-hybridized carbons (Fsp3) is 0.444. The smallest absolute Gasteiger partial charge is 0.137 e. The van der Waals surface area contributed by atoms with Crippen LogP contribution < -0.4 is 0 Å². The Balaban J connectivity index is 2.35. The van der Waals surface area contributed by atoms with Gasteiger partial charge in [-0.1, -0.05) is 56.7 Å². The predicted molar refractivity (Wildman–Crippen MR) is 89.1 cm³/mol. The maximum Gasteiger partial charge on any atom is 0.137 e. The highest BCUT2D eigenvalue weighted by molar-refractivity contribution is 6.87. The Kier molecular flexibility index (Phi) is 7.81. The van der Waals surface area contributed by atoms with Crippen molar-refractivity contribution in [2.24, 2.45) is 0 Å². The average molecular weight is 284 g/mol. The molecular weight excluding hydrogens is 260 g/mol. The lowest BCUT2D eigenvalue weighted by Gasteiger charge is -2.19. The number of hydrogen-bond acceptors (Lipinski definition) is 1. The second kappa shape index (κ2) is 9.43. The molecule has 20 heavy (non-hydrogen) atoms. The zero-order valence-electron chi connectivity index (χ0n) is 12.8. The Labute approximate surface area is 124 Å². The second-order valence-corrected chi connectivity index (χ2v) is 9.74. The zero-order valence-corrected chi connectivity index (χ0v) is 13.8. The molecule has 0 unspecified atom stereocenters. The second-order valence-electron chi connectivity index (χ2n) is 4.80. The van der Waals surface area contributed by atoms with Gasteiger partial charge in [-0.2, -0.15) is 0 Å². The first kappa shape index (κ1) is 16.6. The van der Waals surface area contributed by atoms with Crippen LogP contribution in [0.2, 0.25) is 18.1 Å². The first-order valence-electron chi connectivity index (χ1n) is 7.38. The monoisotopic (exact) mass is 284 g/mol. The van der Waals surface area contributed by atoms with Gasteiger partial charge in [0.05, 0.1) is 0 Å². The lowest BCUT2D eigenvalue weighted by atomic mass is 10.2. The Morgan fingerprint density at radius 2 is 1.50 bits per heavy atom. The number of hydrogen-bond donors (Lipinski definition) is 0. The Morgan fingerprint density at radius 1 is 0.900 bits per heavy atom. The van der Waals surface area contributed by atoms with Crippen LogP contribution in [0.15, 0.2) is 30.3 Å². The van der Waals surface area contributed by atoms with Crippen LogP contribution in [-0.4, -0.2) is 21.3 Å². The van der Waals surface area contributed by atoms with Crippen molar-refractivity contribution < 1.29 is 4.74 Å². The molecule has 1 aromatic rings. The van der Waals surface area contributed by atoms with E-state index in [1.54, 1.807) is 0 Å². The van der Waals surface area contributed by atoms with Crippen molar-refractivity contribution >= 4 is 8.07 Å². The molecule has 1 rings (SSSR count). The quantitative estimate of drug-likeness (QED) is 0.449. The van der Waals surface area contributed by atoms with Crippen LogP contribution in [0.4, 0.5) is 0 Å². The summed E-state index contributed by atoms with van der Waals surface area (Å²) in [6.45, 7) is 7.74. The maximum absolute atomic E-state index is 5.46. The van der Waals surface area contributed by atoms with Crippen molar-refractivity contribution in [3.05, 3.63) is 35.9 Å². The van der Waals surface area contributed by atoms with E-state index >= 15 is 0 Å². The molecule has 0 radical (unpaired) electrons. The standard InChI is InChI=1S/C18H24OSi/c1-4-20(5-2,6-3)17-11-16-19-15-10-14-18-12-8-7-9-13-18/h7-9,12-13H,4-6,15-16H2,1-3H3. The molecule has 1 nitrogen and oxygen atoms in total. The lowest BCUT2D eigenvalue weighted by Crippen LogP contribution is -2.29. The summed E-state index contributed by atoms with van der Waals surface area (Å²) < 4.78 is 5.46. The van der Waals surface area contributed by atoms with Crippen molar-refractivity contribution in [3.8, 4) is 23.3 Å².